The van der Waals surface area contributed by atoms with Gasteiger partial charge in [0.05, 0.1) is 11.8 Å². The minimum absolute atomic E-state index is 0.195. The van der Waals surface area contributed by atoms with Crippen LogP contribution >= 0.6 is 0 Å². The lowest BCUT2D eigenvalue weighted by molar-refractivity contribution is -0.00865. The number of aromatic nitrogens is 3. The molecule has 0 radical (unpaired) electrons. The van der Waals surface area contributed by atoms with E-state index < -0.39 is 12.0 Å². The predicted octanol–water partition coefficient (Wildman–Crippen LogP) is 3.84. The van der Waals surface area contributed by atoms with Gasteiger partial charge in [-0.15, -0.1) is 0 Å². The topological polar surface area (TPSA) is 82.9 Å². The highest BCUT2D eigenvalue weighted by molar-refractivity contribution is 6.58. The van der Waals surface area contributed by atoms with Crippen LogP contribution in [-0.4, -0.2) is 51.7 Å². The van der Waals surface area contributed by atoms with Crippen molar-refractivity contribution in [3.8, 4) is 0 Å². The van der Waals surface area contributed by atoms with Crippen molar-refractivity contribution in [2.24, 2.45) is 5.73 Å². The average molecular weight is 480 g/mol. The molecule has 0 aromatic carbocycles. The van der Waals surface area contributed by atoms with Gasteiger partial charge in [-0.25, -0.2) is 13.8 Å². The molecule has 1 aliphatic heterocycles. The molecule has 35 heavy (non-hydrogen) atoms. The number of likely N-dealkylation sites (tertiary alicyclic amines) is 1. The van der Waals surface area contributed by atoms with Crippen molar-refractivity contribution in [2.75, 3.05) is 6.54 Å². The first-order chi connectivity index (χ1) is 16.5. The van der Waals surface area contributed by atoms with Crippen LogP contribution in [-0.2, 0) is 0 Å². The van der Waals surface area contributed by atoms with E-state index >= 15 is 0 Å². The Bertz CT molecular complexity index is 1160. The number of allylic oxidation sites excluding steroid dienone is 4. The van der Waals surface area contributed by atoms with Gasteiger partial charge >= 0.3 is 0 Å². The monoisotopic (exact) mass is 480 g/mol. The lowest BCUT2D eigenvalue weighted by atomic mass is 9.71. The molecule has 4 N–H and O–H groups in total. The van der Waals surface area contributed by atoms with E-state index in [1.54, 1.807) is 6.20 Å². The molecule has 3 heterocycles. The molecule has 0 saturated carbocycles. The largest absolute Gasteiger partial charge is 0.377 e. The highest BCUT2D eigenvalue weighted by Gasteiger charge is 2.31. The fourth-order valence-electron chi connectivity index (χ4n) is 4.12. The summed E-state index contributed by atoms with van der Waals surface area (Å²) in [6.07, 6.45) is 10.1. The van der Waals surface area contributed by atoms with Crippen molar-refractivity contribution in [3.05, 3.63) is 78.5 Å². The Labute approximate surface area is 207 Å². The third-order valence-electron chi connectivity index (χ3n) is 6.49. The Hall–Kier alpha value is -3.20. The SMILES string of the molecule is C=C(N[C@H](C)C(C)(F)F)/C(C)=C/C=C1/CCC(CCN)N(C(=C)Bc2ncc3cc[nH]c3n2)C1=C. The molecule has 2 aromatic heterocycles. The van der Waals surface area contributed by atoms with Gasteiger partial charge in [-0.05, 0) is 62.5 Å². The average Bonchev–Trinajstić information content (AvgIpc) is 3.25. The van der Waals surface area contributed by atoms with Crippen LogP contribution in [0.5, 0.6) is 0 Å². The first-order valence-electron chi connectivity index (χ1n) is 11.9. The molecule has 0 spiro atoms. The predicted molar refractivity (Wildman–Crippen MR) is 142 cm³/mol. The van der Waals surface area contributed by atoms with Crippen molar-refractivity contribution >= 4 is 24.0 Å². The van der Waals surface area contributed by atoms with E-state index in [0.29, 0.717) is 25.2 Å². The zero-order valence-electron chi connectivity index (χ0n) is 20.9. The van der Waals surface area contributed by atoms with Crippen molar-refractivity contribution in [2.45, 2.75) is 58.0 Å². The fourth-order valence-corrected chi connectivity index (χ4v) is 4.12. The van der Waals surface area contributed by atoms with Gasteiger partial charge < -0.3 is 20.9 Å². The minimum Gasteiger partial charge on any atom is -0.377 e. The molecule has 0 bridgehead atoms. The van der Waals surface area contributed by atoms with Crippen LogP contribution in [0.3, 0.4) is 0 Å². The van der Waals surface area contributed by atoms with Crippen molar-refractivity contribution in [3.63, 3.8) is 0 Å². The normalized spacial score (nSPS) is 19.2. The number of nitrogens with two attached hydrogens (primary N) is 1. The molecule has 186 valence electrons. The molecule has 1 unspecified atom stereocenters. The molecular weight excluding hydrogens is 445 g/mol. The van der Waals surface area contributed by atoms with E-state index in [1.165, 1.54) is 6.92 Å². The summed E-state index contributed by atoms with van der Waals surface area (Å²) in [7, 11) is 0.487. The summed E-state index contributed by atoms with van der Waals surface area (Å²) >= 11 is 0. The summed E-state index contributed by atoms with van der Waals surface area (Å²) in [5, 5.41) is 3.75. The van der Waals surface area contributed by atoms with E-state index in [0.717, 1.165) is 59.7 Å². The second-order valence-corrected chi connectivity index (χ2v) is 9.24. The second-order valence-electron chi connectivity index (χ2n) is 9.24. The zero-order valence-corrected chi connectivity index (χ0v) is 20.9. The van der Waals surface area contributed by atoms with Crippen LogP contribution in [0, 0.1) is 0 Å². The first kappa shape index (κ1) is 26.4. The standard InChI is InChI=1S/C26H35BF2N6/c1-16(17(2)33-19(4)26(6,28)29)7-8-21-9-10-23(11-13-30)35(18(21)3)20(5)27-25-32-15-22-12-14-31-24(22)34-25/h7-8,12,14-15,19,23,27,33H,2-3,5,9-11,13,30H2,1,4,6H3,(H,31,32,34)/b16-7+,21-8-/t19-,23?/m1/s1. The van der Waals surface area contributed by atoms with Gasteiger partial charge in [0.1, 0.15) is 5.65 Å². The van der Waals surface area contributed by atoms with Gasteiger partial charge in [0.15, 0.2) is 0 Å². The van der Waals surface area contributed by atoms with E-state index in [2.05, 4.69) is 44.9 Å². The Kier molecular flexibility index (Phi) is 8.32. The van der Waals surface area contributed by atoms with Crippen LogP contribution in [0.25, 0.3) is 11.0 Å². The molecule has 2 atom stereocenters. The number of hydrogen-bond donors (Lipinski definition) is 3. The molecule has 9 heteroatoms. The Morgan fingerprint density at radius 2 is 2.20 bits per heavy atom. The highest BCUT2D eigenvalue weighted by Crippen LogP contribution is 2.33. The van der Waals surface area contributed by atoms with Gasteiger partial charge in [-0.1, -0.05) is 31.9 Å². The molecule has 1 saturated heterocycles. The quantitative estimate of drug-likeness (QED) is 0.356. The van der Waals surface area contributed by atoms with Crippen molar-refractivity contribution < 1.29 is 8.78 Å². The summed E-state index contributed by atoms with van der Waals surface area (Å²) in [6, 6.07) is 1.11. The lowest BCUT2D eigenvalue weighted by Crippen LogP contribution is -2.42. The number of nitrogens with zero attached hydrogens (tertiary/aromatic N) is 3. The number of piperidine rings is 1. The van der Waals surface area contributed by atoms with Crippen LogP contribution in [0.1, 0.15) is 40.0 Å². The maximum absolute atomic E-state index is 13.5. The number of rotatable bonds is 10. The zero-order chi connectivity index (χ0) is 25.8. The van der Waals surface area contributed by atoms with Gasteiger partial charge in [-0.2, -0.15) is 0 Å². The summed E-state index contributed by atoms with van der Waals surface area (Å²) in [6.45, 7) is 17.4. The van der Waals surface area contributed by atoms with E-state index in [-0.39, 0.29) is 6.04 Å². The van der Waals surface area contributed by atoms with Crippen LogP contribution in [0.2, 0.25) is 0 Å². The van der Waals surface area contributed by atoms with Gasteiger partial charge in [0.25, 0.3) is 13.2 Å². The van der Waals surface area contributed by atoms with E-state index in [4.69, 9.17) is 5.73 Å². The number of hydrogen-bond acceptors (Lipinski definition) is 5. The maximum atomic E-state index is 13.5. The molecule has 0 amide bonds. The highest BCUT2D eigenvalue weighted by atomic mass is 19.3. The lowest BCUT2D eigenvalue weighted by Gasteiger charge is -2.41. The Balaban J connectivity index is 1.76. The van der Waals surface area contributed by atoms with Gasteiger partial charge in [0.2, 0.25) is 0 Å². The Morgan fingerprint density at radius 3 is 2.89 bits per heavy atom. The Morgan fingerprint density at radius 1 is 1.46 bits per heavy atom. The summed E-state index contributed by atoms with van der Waals surface area (Å²) in [4.78, 5) is 14.4. The van der Waals surface area contributed by atoms with Crippen molar-refractivity contribution in [1.29, 1.82) is 0 Å². The number of aromatic amines is 1. The van der Waals surface area contributed by atoms with Crippen LogP contribution in [0.4, 0.5) is 8.78 Å². The summed E-state index contributed by atoms with van der Waals surface area (Å²) in [5.74, 6) is -2.84. The first-order valence-corrected chi connectivity index (χ1v) is 11.9. The molecule has 1 fully saturated rings. The summed E-state index contributed by atoms with van der Waals surface area (Å²) in [5.41, 5.74) is 11.4. The van der Waals surface area contributed by atoms with Crippen LogP contribution in [0.15, 0.2) is 78.5 Å². The van der Waals surface area contributed by atoms with E-state index in [1.807, 2.05) is 31.3 Å². The third kappa shape index (κ3) is 6.48. The molecule has 0 aliphatic carbocycles. The number of halogens is 2. The number of alkyl halides is 2. The molecule has 1 aliphatic rings. The molecule has 6 nitrogen and oxygen atoms in total. The third-order valence-corrected chi connectivity index (χ3v) is 6.49. The number of fused-ring (bicyclic) bond motifs is 1. The molecular formula is C26H35BF2N6. The molecule has 2 aromatic rings. The van der Waals surface area contributed by atoms with Crippen molar-refractivity contribution in [1.82, 2.24) is 25.2 Å². The minimum atomic E-state index is -2.84. The number of nitrogens with one attached hydrogen (secondary N) is 2. The molecule has 3 rings (SSSR count). The van der Waals surface area contributed by atoms with Crippen LogP contribution < -0.4 is 16.8 Å². The van der Waals surface area contributed by atoms with E-state index in [9.17, 15) is 8.78 Å². The second kappa shape index (κ2) is 11.0. The smallest absolute Gasteiger partial charge is 0.264 e. The fraction of sp³-hybridized carbons (Fsp3) is 0.385. The number of H-pyrrole nitrogens is 1. The maximum Gasteiger partial charge on any atom is 0.264 e. The summed E-state index contributed by atoms with van der Waals surface area (Å²) < 4.78 is 27.0. The van der Waals surface area contributed by atoms with Gasteiger partial charge in [-0.3, -0.25) is 4.98 Å². The van der Waals surface area contributed by atoms with Gasteiger partial charge in [0, 0.05) is 42.1 Å².